The highest BCUT2D eigenvalue weighted by atomic mass is 16.6. The Morgan fingerprint density at radius 2 is 2.14 bits per heavy atom. The van der Waals surface area contributed by atoms with Crippen molar-refractivity contribution in [2.45, 2.75) is 12.5 Å². The van der Waals surface area contributed by atoms with Crippen molar-refractivity contribution in [3.8, 4) is 18.1 Å². The summed E-state index contributed by atoms with van der Waals surface area (Å²) in [6.07, 6.45) is 5.09. The second kappa shape index (κ2) is 3.36. The van der Waals surface area contributed by atoms with Gasteiger partial charge < -0.3 is 9.47 Å². The molecule has 1 fully saturated rings. The van der Waals surface area contributed by atoms with Gasteiger partial charge >= 0.3 is 0 Å². The second-order valence-electron chi connectivity index (χ2n) is 3.54. The van der Waals surface area contributed by atoms with E-state index in [2.05, 4.69) is 12.8 Å². The standard InChI is InChI=1S/C12H12O2/c1-3-8-13-11-6-4-10(5-7-11)12(2)9-14-12/h1,4-7H,8-9H2,2H3. The van der Waals surface area contributed by atoms with Gasteiger partial charge in [0.1, 0.15) is 18.0 Å². The summed E-state index contributed by atoms with van der Waals surface area (Å²) >= 11 is 0. The highest BCUT2D eigenvalue weighted by Gasteiger charge is 2.40. The first-order valence-corrected chi connectivity index (χ1v) is 4.55. The van der Waals surface area contributed by atoms with E-state index in [0.29, 0.717) is 6.61 Å². The lowest BCUT2D eigenvalue weighted by molar-refractivity contribution is 0.328. The van der Waals surface area contributed by atoms with Crippen LogP contribution in [0.3, 0.4) is 0 Å². The van der Waals surface area contributed by atoms with E-state index in [9.17, 15) is 0 Å². The fourth-order valence-corrected chi connectivity index (χ4v) is 1.30. The molecule has 0 aliphatic carbocycles. The fraction of sp³-hybridized carbons (Fsp3) is 0.333. The van der Waals surface area contributed by atoms with Crippen LogP contribution in [0.4, 0.5) is 0 Å². The zero-order valence-corrected chi connectivity index (χ0v) is 8.12. The van der Waals surface area contributed by atoms with Crippen molar-refractivity contribution in [3.05, 3.63) is 29.8 Å². The summed E-state index contributed by atoms with van der Waals surface area (Å²) in [7, 11) is 0. The van der Waals surface area contributed by atoms with E-state index < -0.39 is 0 Å². The first-order valence-electron chi connectivity index (χ1n) is 4.55. The van der Waals surface area contributed by atoms with Crippen LogP contribution in [0.25, 0.3) is 0 Å². The Labute approximate surface area is 83.8 Å². The molecule has 14 heavy (non-hydrogen) atoms. The Morgan fingerprint density at radius 3 is 2.64 bits per heavy atom. The van der Waals surface area contributed by atoms with Gasteiger partial charge in [-0.1, -0.05) is 18.1 Å². The first kappa shape index (κ1) is 9.11. The second-order valence-corrected chi connectivity index (χ2v) is 3.54. The summed E-state index contributed by atoms with van der Waals surface area (Å²) in [6.45, 7) is 3.19. The van der Waals surface area contributed by atoms with E-state index >= 15 is 0 Å². The third kappa shape index (κ3) is 1.73. The minimum atomic E-state index is -0.0648. The Balaban J connectivity index is 2.07. The SMILES string of the molecule is C#CCOc1ccc(C2(C)CO2)cc1. The summed E-state index contributed by atoms with van der Waals surface area (Å²) in [5.74, 6) is 3.23. The number of rotatable bonds is 3. The van der Waals surface area contributed by atoms with E-state index in [-0.39, 0.29) is 5.60 Å². The molecule has 2 rings (SSSR count). The third-order valence-electron chi connectivity index (χ3n) is 2.36. The Hall–Kier alpha value is -1.46. The lowest BCUT2D eigenvalue weighted by Gasteiger charge is -2.06. The van der Waals surface area contributed by atoms with E-state index in [4.69, 9.17) is 15.9 Å². The van der Waals surface area contributed by atoms with Crippen molar-refractivity contribution in [3.63, 3.8) is 0 Å². The Morgan fingerprint density at radius 1 is 1.50 bits per heavy atom. The average Bonchev–Trinajstić information content (AvgIpc) is 2.96. The summed E-state index contributed by atoms with van der Waals surface area (Å²) in [5, 5.41) is 0. The van der Waals surface area contributed by atoms with Crippen LogP contribution in [0, 0.1) is 12.3 Å². The van der Waals surface area contributed by atoms with Crippen LogP contribution < -0.4 is 4.74 Å². The van der Waals surface area contributed by atoms with E-state index in [0.717, 1.165) is 12.4 Å². The van der Waals surface area contributed by atoms with Gasteiger partial charge in [-0.15, -0.1) is 6.42 Å². The molecule has 1 aliphatic heterocycles. The molecule has 1 atom stereocenters. The van der Waals surface area contributed by atoms with Gasteiger partial charge in [-0.3, -0.25) is 0 Å². The molecule has 1 saturated heterocycles. The molecular formula is C12H12O2. The molecule has 0 amide bonds. The monoisotopic (exact) mass is 188 g/mol. The highest BCUT2D eigenvalue weighted by molar-refractivity contribution is 5.32. The molecule has 72 valence electrons. The van der Waals surface area contributed by atoms with Gasteiger partial charge in [0.25, 0.3) is 0 Å². The maximum atomic E-state index is 5.33. The van der Waals surface area contributed by atoms with Gasteiger partial charge in [-0.25, -0.2) is 0 Å². The van der Waals surface area contributed by atoms with Gasteiger partial charge in [-0.2, -0.15) is 0 Å². The van der Waals surface area contributed by atoms with Crippen molar-refractivity contribution in [1.82, 2.24) is 0 Å². The van der Waals surface area contributed by atoms with Crippen LogP contribution in [0.1, 0.15) is 12.5 Å². The quantitative estimate of drug-likeness (QED) is 0.534. The molecular weight excluding hydrogens is 176 g/mol. The molecule has 1 aromatic rings. The Bertz CT molecular complexity index is 355. The van der Waals surface area contributed by atoms with Crippen molar-refractivity contribution in [1.29, 1.82) is 0 Å². The maximum absolute atomic E-state index is 5.33. The molecule has 0 N–H and O–H groups in total. The molecule has 2 nitrogen and oxygen atoms in total. The van der Waals surface area contributed by atoms with Gasteiger partial charge in [0.15, 0.2) is 0 Å². The van der Waals surface area contributed by atoms with Crippen LogP contribution >= 0.6 is 0 Å². The molecule has 1 heterocycles. The van der Waals surface area contributed by atoms with Crippen molar-refractivity contribution in [2.75, 3.05) is 13.2 Å². The van der Waals surface area contributed by atoms with Crippen LogP contribution in [0.5, 0.6) is 5.75 Å². The molecule has 0 radical (unpaired) electrons. The van der Waals surface area contributed by atoms with Gasteiger partial charge in [-0.05, 0) is 24.6 Å². The fourth-order valence-electron chi connectivity index (χ4n) is 1.30. The molecule has 2 heteroatoms. The molecule has 0 aromatic heterocycles. The number of ether oxygens (including phenoxy) is 2. The minimum Gasteiger partial charge on any atom is -0.481 e. The number of hydrogen-bond donors (Lipinski definition) is 0. The van der Waals surface area contributed by atoms with Crippen molar-refractivity contribution < 1.29 is 9.47 Å². The van der Waals surface area contributed by atoms with E-state index in [1.807, 2.05) is 24.3 Å². The molecule has 0 bridgehead atoms. The molecule has 1 unspecified atom stereocenters. The van der Waals surface area contributed by atoms with Crippen LogP contribution in [0.15, 0.2) is 24.3 Å². The van der Waals surface area contributed by atoms with E-state index in [1.165, 1.54) is 5.56 Å². The first-order chi connectivity index (χ1) is 6.74. The Kier molecular flexibility index (Phi) is 2.18. The molecule has 1 aliphatic rings. The summed E-state index contributed by atoms with van der Waals surface area (Å²) in [6, 6.07) is 7.86. The molecule has 0 saturated carbocycles. The maximum Gasteiger partial charge on any atom is 0.148 e. The largest absolute Gasteiger partial charge is 0.481 e. The number of benzene rings is 1. The summed E-state index contributed by atoms with van der Waals surface area (Å²) in [5.41, 5.74) is 1.12. The summed E-state index contributed by atoms with van der Waals surface area (Å²) < 4.78 is 10.6. The summed E-state index contributed by atoms with van der Waals surface area (Å²) in [4.78, 5) is 0. The minimum absolute atomic E-state index is 0.0648. The van der Waals surface area contributed by atoms with Crippen LogP contribution in [-0.2, 0) is 10.3 Å². The molecule has 0 spiro atoms. The smallest absolute Gasteiger partial charge is 0.148 e. The highest BCUT2D eigenvalue weighted by Crippen LogP contribution is 2.38. The van der Waals surface area contributed by atoms with Crippen LogP contribution in [-0.4, -0.2) is 13.2 Å². The van der Waals surface area contributed by atoms with Crippen LogP contribution in [0.2, 0.25) is 0 Å². The average molecular weight is 188 g/mol. The number of hydrogen-bond acceptors (Lipinski definition) is 2. The molecule has 1 aromatic carbocycles. The lowest BCUT2D eigenvalue weighted by Crippen LogP contribution is -2.01. The predicted octanol–water partition coefficient (Wildman–Crippen LogP) is 1.94. The van der Waals surface area contributed by atoms with Crippen molar-refractivity contribution in [2.24, 2.45) is 0 Å². The number of epoxide rings is 1. The van der Waals surface area contributed by atoms with E-state index in [1.54, 1.807) is 0 Å². The number of terminal acetylenes is 1. The predicted molar refractivity (Wildman–Crippen MR) is 54.1 cm³/mol. The van der Waals surface area contributed by atoms with Gasteiger partial charge in [0, 0.05) is 0 Å². The topological polar surface area (TPSA) is 21.8 Å². The van der Waals surface area contributed by atoms with Gasteiger partial charge in [0.05, 0.1) is 6.61 Å². The lowest BCUT2D eigenvalue weighted by atomic mass is 10.0. The normalized spacial score (nSPS) is 24.0. The zero-order chi connectivity index (χ0) is 10.0. The van der Waals surface area contributed by atoms with Gasteiger partial charge in [0.2, 0.25) is 0 Å². The van der Waals surface area contributed by atoms with Crippen molar-refractivity contribution >= 4 is 0 Å². The zero-order valence-electron chi connectivity index (χ0n) is 8.12. The third-order valence-corrected chi connectivity index (χ3v) is 2.36.